The molecule has 1 aliphatic carbocycles. The second-order valence-electron chi connectivity index (χ2n) is 7.72. The Labute approximate surface area is 172 Å². The van der Waals surface area contributed by atoms with Crippen molar-refractivity contribution < 1.29 is 14.3 Å². The predicted molar refractivity (Wildman–Crippen MR) is 113 cm³/mol. The van der Waals surface area contributed by atoms with E-state index in [2.05, 4.69) is 10.6 Å². The number of nitrogens with one attached hydrogen (secondary N) is 2. The van der Waals surface area contributed by atoms with Crippen LogP contribution in [0, 0.1) is 11.8 Å². The van der Waals surface area contributed by atoms with E-state index in [0.29, 0.717) is 6.54 Å². The van der Waals surface area contributed by atoms with Gasteiger partial charge in [-0.15, -0.1) is 0 Å². The molecule has 1 atom stereocenters. The van der Waals surface area contributed by atoms with Gasteiger partial charge in [-0.25, -0.2) is 0 Å². The van der Waals surface area contributed by atoms with Crippen molar-refractivity contribution in [3.05, 3.63) is 65.7 Å². The van der Waals surface area contributed by atoms with Crippen molar-refractivity contribution in [2.75, 3.05) is 7.11 Å². The molecule has 1 unspecified atom stereocenters. The van der Waals surface area contributed by atoms with Gasteiger partial charge in [0.25, 0.3) is 0 Å². The van der Waals surface area contributed by atoms with E-state index in [1.807, 2.05) is 61.5 Å². The molecule has 0 heterocycles. The highest BCUT2D eigenvalue weighted by Gasteiger charge is 2.30. The smallest absolute Gasteiger partial charge is 0.223 e. The van der Waals surface area contributed by atoms with Gasteiger partial charge in [-0.1, -0.05) is 48.5 Å². The lowest BCUT2D eigenvalue weighted by atomic mass is 9.81. The van der Waals surface area contributed by atoms with Gasteiger partial charge in [-0.3, -0.25) is 9.59 Å². The quantitative estimate of drug-likeness (QED) is 0.746. The Kier molecular flexibility index (Phi) is 7.28. The average molecular weight is 395 g/mol. The van der Waals surface area contributed by atoms with E-state index in [1.54, 1.807) is 7.11 Å². The fourth-order valence-electron chi connectivity index (χ4n) is 3.95. The summed E-state index contributed by atoms with van der Waals surface area (Å²) in [6, 6.07) is 17.7. The molecule has 2 amide bonds. The Hall–Kier alpha value is -2.82. The summed E-state index contributed by atoms with van der Waals surface area (Å²) in [5.74, 6) is 0.891. The van der Waals surface area contributed by atoms with Crippen molar-refractivity contribution >= 4 is 11.8 Å². The Balaban J connectivity index is 1.44. The number of amides is 2. The highest BCUT2D eigenvalue weighted by Crippen LogP contribution is 2.30. The topological polar surface area (TPSA) is 67.4 Å². The number of benzene rings is 2. The van der Waals surface area contributed by atoms with E-state index >= 15 is 0 Å². The number of methoxy groups -OCH3 is 1. The fourth-order valence-corrected chi connectivity index (χ4v) is 3.95. The monoisotopic (exact) mass is 394 g/mol. The van der Waals surface area contributed by atoms with Gasteiger partial charge < -0.3 is 15.4 Å². The molecular weight excluding hydrogens is 364 g/mol. The largest absolute Gasteiger partial charge is 0.496 e. The van der Waals surface area contributed by atoms with Crippen LogP contribution in [0.15, 0.2) is 54.6 Å². The van der Waals surface area contributed by atoms with Crippen molar-refractivity contribution in [1.82, 2.24) is 10.6 Å². The molecule has 5 nitrogen and oxygen atoms in total. The molecule has 0 radical (unpaired) electrons. The molecule has 0 aliphatic heterocycles. The van der Waals surface area contributed by atoms with Crippen LogP contribution in [-0.2, 0) is 16.1 Å². The van der Waals surface area contributed by atoms with E-state index in [0.717, 1.165) is 42.6 Å². The van der Waals surface area contributed by atoms with Gasteiger partial charge in [0, 0.05) is 23.9 Å². The molecule has 154 valence electrons. The molecule has 0 saturated heterocycles. The predicted octanol–water partition coefficient (Wildman–Crippen LogP) is 4.00. The normalized spacial score (nSPS) is 19.8. The van der Waals surface area contributed by atoms with Crippen molar-refractivity contribution in [2.45, 2.75) is 45.2 Å². The maximum absolute atomic E-state index is 12.6. The van der Waals surface area contributed by atoms with Gasteiger partial charge in [0.2, 0.25) is 11.8 Å². The molecule has 0 spiro atoms. The molecule has 1 aliphatic rings. The van der Waals surface area contributed by atoms with E-state index in [4.69, 9.17) is 4.74 Å². The second-order valence-corrected chi connectivity index (χ2v) is 7.72. The van der Waals surface area contributed by atoms with E-state index in [9.17, 15) is 9.59 Å². The SMILES string of the molecule is COc1ccccc1CNC(=O)C1CCC(C(=O)NC(C)c2ccccc2)CC1. The number of ether oxygens (including phenoxy) is 1. The van der Waals surface area contributed by atoms with E-state index < -0.39 is 0 Å². The third kappa shape index (κ3) is 5.59. The number of hydrogen-bond acceptors (Lipinski definition) is 3. The van der Waals surface area contributed by atoms with Gasteiger partial charge in [0.15, 0.2) is 0 Å². The summed E-state index contributed by atoms with van der Waals surface area (Å²) in [6.45, 7) is 2.46. The summed E-state index contributed by atoms with van der Waals surface area (Å²) in [5.41, 5.74) is 2.07. The average Bonchev–Trinajstić information content (AvgIpc) is 2.78. The Morgan fingerprint density at radius 1 is 0.931 bits per heavy atom. The maximum Gasteiger partial charge on any atom is 0.223 e. The first-order valence-corrected chi connectivity index (χ1v) is 10.3. The third-order valence-electron chi connectivity index (χ3n) is 5.77. The Morgan fingerprint density at radius 2 is 1.52 bits per heavy atom. The lowest BCUT2D eigenvalue weighted by Crippen LogP contribution is -2.38. The summed E-state index contributed by atoms with van der Waals surface area (Å²) in [4.78, 5) is 25.2. The lowest BCUT2D eigenvalue weighted by Gasteiger charge is -2.28. The van der Waals surface area contributed by atoms with Crippen LogP contribution < -0.4 is 15.4 Å². The van der Waals surface area contributed by atoms with Crippen LogP contribution in [0.4, 0.5) is 0 Å². The first-order valence-electron chi connectivity index (χ1n) is 10.3. The van der Waals surface area contributed by atoms with Crippen LogP contribution in [0.2, 0.25) is 0 Å². The minimum atomic E-state index is -0.0275. The molecule has 2 aromatic rings. The van der Waals surface area contributed by atoms with Gasteiger partial charge in [0.05, 0.1) is 13.2 Å². The Morgan fingerprint density at radius 3 is 2.17 bits per heavy atom. The summed E-state index contributed by atoms with van der Waals surface area (Å²) in [5, 5.41) is 6.14. The summed E-state index contributed by atoms with van der Waals surface area (Å²) in [7, 11) is 1.63. The van der Waals surface area contributed by atoms with Crippen LogP contribution in [0.5, 0.6) is 5.75 Å². The number of carbonyl (C=O) groups excluding carboxylic acids is 2. The first kappa shape index (κ1) is 20.9. The molecule has 2 aromatic carbocycles. The van der Waals surface area contributed by atoms with E-state index in [-0.39, 0.29) is 29.7 Å². The van der Waals surface area contributed by atoms with Gasteiger partial charge in [0.1, 0.15) is 5.75 Å². The highest BCUT2D eigenvalue weighted by molar-refractivity contribution is 5.81. The minimum Gasteiger partial charge on any atom is -0.496 e. The zero-order chi connectivity index (χ0) is 20.6. The molecular formula is C24H30N2O3. The zero-order valence-electron chi connectivity index (χ0n) is 17.2. The number of para-hydroxylation sites is 1. The number of carbonyl (C=O) groups is 2. The zero-order valence-corrected chi connectivity index (χ0v) is 17.2. The van der Waals surface area contributed by atoms with Crippen molar-refractivity contribution in [1.29, 1.82) is 0 Å². The van der Waals surface area contributed by atoms with Crippen LogP contribution in [0.3, 0.4) is 0 Å². The fraction of sp³-hybridized carbons (Fsp3) is 0.417. The molecule has 2 N–H and O–H groups in total. The second kappa shape index (κ2) is 10.1. The molecule has 1 saturated carbocycles. The maximum atomic E-state index is 12.6. The van der Waals surface area contributed by atoms with Crippen LogP contribution >= 0.6 is 0 Å². The summed E-state index contributed by atoms with van der Waals surface area (Å²) < 4.78 is 5.33. The molecule has 0 bridgehead atoms. The molecule has 3 rings (SSSR count). The van der Waals surface area contributed by atoms with Gasteiger partial charge in [-0.05, 0) is 44.2 Å². The summed E-state index contributed by atoms with van der Waals surface area (Å²) in [6.07, 6.45) is 2.99. The molecule has 5 heteroatoms. The molecule has 1 fully saturated rings. The van der Waals surface area contributed by atoms with Crippen LogP contribution in [0.25, 0.3) is 0 Å². The Bertz CT molecular complexity index is 814. The standard InChI is InChI=1S/C24H30N2O3/c1-17(18-8-4-3-5-9-18)26-24(28)20-14-12-19(13-15-20)23(27)25-16-21-10-6-7-11-22(21)29-2/h3-11,17,19-20H,12-16H2,1-2H3,(H,25,27)(H,26,28). The van der Waals surface area contributed by atoms with E-state index in [1.165, 1.54) is 0 Å². The minimum absolute atomic E-state index is 0.00873. The number of hydrogen-bond donors (Lipinski definition) is 2. The first-order chi connectivity index (χ1) is 14.1. The van der Waals surface area contributed by atoms with Gasteiger partial charge in [-0.2, -0.15) is 0 Å². The molecule has 0 aromatic heterocycles. The highest BCUT2D eigenvalue weighted by atomic mass is 16.5. The van der Waals surface area contributed by atoms with Crippen molar-refractivity contribution in [3.8, 4) is 5.75 Å². The van der Waals surface area contributed by atoms with Crippen molar-refractivity contribution in [2.24, 2.45) is 11.8 Å². The van der Waals surface area contributed by atoms with Crippen LogP contribution in [-0.4, -0.2) is 18.9 Å². The van der Waals surface area contributed by atoms with Gasteiger partial charge >= 0.3 is 0 Å². The van der Waals surface area contributed by atoms with Crippen LogP contribution in [0.1, 0.15) is 49.8 Å². The molecule has 29 heavy (non-hydrogen) atoms. The lowest BCUT2D eigenvalue weighted by molar-refractivity contribution is -0.131. The van der Waals surface area contributed by atoms with Crippen molar-refractivity contribution in [3.63, 3.8) is 0 Å². The number of rotatable bonds is 7. The third-order valence-corrected chi connectivity index (χ3v) is 5.77. The summed E-state index contributed by atoms with van der Waals surface area (Å²) >= 11 is 0.